The van der Waals surface area contributed by atoms with Gasteiger partial charge in [-0.3, -0.25) is 4.79 Å². The molecule has 1 aromatic heterocycles. The van der Waals surface area contributed by atoms with Gasteiger partial charge in [-0.15, -0.1) is 11.3 Å². The predicted octanol–water partition coefficient (Wildman–Crippen LogP) is 3.00. The van der Waals surface area contributed by atoms with Crippen molar-refractivity contribution < 1.29 is 18.7 Å². The zero-order chi connectivity index (χ0) is 15.0. The lowest BCUT2D eigenvalue weighted by molar-refractivity contribution is -0.140. The monoisotopic (exact) mass is 310 g/mol. The first kappa shape index (κ1) is 13.9. The molecule has 1 fully saturated rings. The highest BCUT2D eigenvalue weighted by Gasteiger charge is 2.29. The summed E-state index contributed by atoms with van der Waals surface area (Å²) in [6, 6.07) is 3.37. The molecule has 0 aliphatic carbocycles. The van der Waals surface area contributed by atoms with E-state index in [1.54, 1.807) is 5.38 Å². The van der Waals surface area contributed by atoms with Gasteiger partial charge in [-0.2, -0.15) is 0 Å². The minimum absolute atomic E-state index is 0.243. The number of benzene rings is 1. The van der Waals surface area contributed by atoms with E-state index in [0.29, 0.717) is 30.3 Å². The van der Waals surface area contributed by atoms with E-state index < -0.39 is 17.6 Å². The van der Waals surface area contributed by atoms with Crippen LogP contribution in [0.25, 0.3) is 11.3 Å². The zero-order valence-corrected chi connectivity index (χ0v) is 11.7. The van der Waals surface area contributed by atoms with E-state index in [1.807, 2.05) is 4.90 Å². The van der Waals surface area contributed by atoms with E-state index in [-0.39, 0.29) is 11.5 Å². The average molecular weight is 310 g/mol. The van der Waals surface area contributed by atoms with Crippen molar-refractivity contribution in [3.8, 4) is 11.3 Å². The quantitative estimate of drug-likeness (QED) is 0.947. The maximum atomic E-state index is 13.7. The maximum absolute atomic E-state index is 13.7. The topological polar surface area (TPSA) is 53.4 Å². The summed E-state index contributed by atoms with van der Waals surface area (Å²) >= 11 is 1.33. The van der Waals surface area contributed by atoms with Crippen molar-refractivity contribution in [2.24, 2.45) is 5.92 Å². The second-order valence-corrected chi connectivity index (χ2v) is 5.75. The van der Waals surface area contributed by atoms with Crippen molar-refractivity contribution in [2.75, 3.05) is 18.0 Å². The van der Waals surface area contributed by atoms with Crippen LogP contribution in [0.15, 0.2) is 23.6 Å². The molecule has 0 bridgehead atoms. The summed E-state index contributed by atoms with van der Waals surface area (Å²) in [4.78, 5) is 17.2. The molecule has 1 atom stereocenters. The molecule has 0 saturated carbocycles. The molecule has 21 heavy (non-hydrogen) atoms. The summed E-state index contributed by atoms with van der Waals surface area (Å²) < 4.78 is 26.6. The minimum atomic E-state index is -0.807. The Hall–Kier alpha value is -2.02. The van der Waals surface area contributed by atoms with E-state index >= 15 is 0 Å². The number of carboxylic acid groups (broad SMARTS) is 1. The van der Waals surface area contributed by atoms with Crippen molar-refractivity contribution >= 4 is 22.4 Å². The van der Waals surface area contributed by atoms with Gasteiger partial charge in [0, 0.05) is 30.1 Å². The average Bonchev–Trinajstić information content (AvgIpc) is 3.07. The van der Waals surface area contributed by atoms with Gasteiger partial charge in [-0.05, 0) is 18.6 Å². The van der Waals surface area contributed by atoms with Crippen molar-refractivity contribution in [1.29, 1.82) is 0 Å². The molecular weight excluding hydrogens is 298 g/mol. The summed E-state index contributed by atoms with van der Waals surface area (Å²) in [7, 11) is 0. The molecule has 110 valence electrons. The summed E-state index contributed by atoms with van der Waals surface area (Å²) in [6.45, 7) is 1.03. The number of carboxylic acids is 1. The lowest BCUT2D eigenvalue weighted by Gasteiger charge is -2.13. The van der Waals surface area contributed by atoms with Crippen LogP contribution >= 0.6 is 11.3 Å². The van der Waals surface area contributed by atoms with Gasteiger partial charge in [0.05, 0.1) is 11.6 Å². The second kappa shape index (κ2) is 5.40. The first-order valence-electron chi connectivity index (χ1n) is 6.43. The van der Waals surface area contributed by atoms with Crippen LogP contribution in [-0.2, 0) is 4.79 Å². The van der Waals surface area contributed by atoms with Gasteiger partial charge in [-0.25, -0.2) is 13.8 Å². The van der Waals surface area contributed by atoms with E-state index in [9.17, 15) is 13.6 Å². The highest BCUT2D eigenvalue weighted by molar-refractivity contribution is 7.14. The lowest BCUT2D eigenvalue weighted by Crippen LogP contribution is -2.22. The highest BCUT2D eigenvalue weighted by Crippen LogP contribution is 2.32. The largest absolute Gasteiger partial charge is 0.481 e. The van der Waals surface area contributed by atoms with E-state index in [0.717, 1.165) is 6.07 Å². The number of nitrogens with zero attached hydrogens (tertiary/aromatic N) is 2. The fourth-order valence-corrected chi connectivity index (χ4v) is 3.23. The number of aromatic nitrogens is 1. The molecule has 1 unspecified atom stereocenters. The van der Waals surface area contributed by atoms with Crippen LogP contribution in [-0.4, -0.2) is 29.1 Å². The molecule has 2 aromatic rings. The van der Waals surface area contributed by atoms with E-state index in [1.165, 1.54) is 23.5 Å². The molecule has 1 N–H and O–H groups in total. The summed E-state index contributed by atoms with van der Waals surface area (Å²) in [5.41, 5.74) is 0.680. The molecule has 1 aliphatic heterocycles. The Balaban J connectivity index is 1.82. The fourth-order valence-electron chi connectivity index (χ4n) is 2.37. The Morgan fingerprint density at radius 3 is 2.90 bits per heavy atom. The number of anilines is 1. The van der Waals surface area contributed by atoms with Crippen molar-refractivity contribution in [3.05, 3.63) is 35.2 Å². The molecule has 2 heterocycles. The van der Waals surface area contributed by atoms with Crippen LogP contribution in [0.3, 0.4) is 0 Å². The van der Waals surface area contributed by atoms with Crippen molar-refractivity contribution in [3.63, 3.8) is 0 Å². The maximum Gasteiger partial charge on any atom is 0.308 e. The molecule has 0 radical (unpaired) electrons. The summed E-state index contributed by atoms with van der Waals surface area (Å²) in [5.74, 6) is -2.48. The third-order valence-electron chi connectivity index (χ3n) is 3.51. The highest BCUT2D eigenvalue weighted by atomic mass is 32.1. The SMILES string of the molecule is O=C(O)C1CCN(c2nc(-c3ccc(F)cc3F)cs2)C1. The Bertz CT molecular complexity index is 689. The molecule has 1 aromatic carbocycles. The molecule has 1 aliphatic rings. The zero-order valence-electron chi connectivity index (χ0n) is 10.9. The Morgan fingerprint density at radius 2 is 2.24 bits per heavy atom. The Morgan fingerprint density at radius 1 is 1.43 bits per heavy atom. The smallest absolute Gasteiger partial charge is 0.308 e. The molecule has 4 nitrogen and oxygen atoms in total. The Kier molecular flexibility index (Phi) is 3.59. The molecule has 1 saturated heterocycles. The van der Waals surface area contributed by atoms with Crippen LogP contribution in [0.2, 0.25) is 0 Å². The Labute approximate surface area is 123 Å². The molecule has 3 rings (SSSR count). The first-order valence-corrected chi connectivity index (χ1v) is 7.31. The van der Waals surface area contributed by atoms with Crippen LogP contribution in [0.4, 0.5) is 13.9 Å². The normalized spacial score (nSPS) is 18.2. The van der Waals surface area contributed by atoms with Crippen molar-refractivity contribution in [2.45, 2.75) is 6.42 Å². The third-order valence-corrected chi connectivity index (χ3v) is 4.41. The van der Waals surface area contributed by atoms with Crippen molar-refractivity contribution in [1.82, 2.24) is 4.98 Å². The van der Waals surface area contributed by atoms with E-state index in [2.05, 4.69) is 4.98 Å². The first-order chi connectivity index (χ1) is 10.0. The number of aliphatic carboxylic acids is 1. The van der Waals surface area contributed by atoms with Crippen LogP contribution in [0, 0.1) is 17.6 Å². The standard InChI is InChI=1S/C14H12F2N2O2S/c15-9-1-2-10(11(16)5-9)12-7-21-14(17-12)18-4-3-8(6-18)13(19)20/h1-2,5,7-8H,3-4,6H2,(H,19,20). The lowest BCUT2D eigenvalue weighted by atomic mass is 10.1. The summed E-state index contributed by atoms with van der Waals surface area (Å²) in [6.07, 6.45) is 0.579. The number of hydrogen-bond acceptors (Lipinski definition) is 4. The number of carbonyl (C=O) groups is 1. The van der Waals surface area contributed by atoms with Gasteiger partial charge in [-0.1, -0.05) is 0 Å². The summed E-state index contributed by atoms with van der Waals surface area (Å²) in [5, 5.41) is 11.4. The van der Waals surface area contributed by atoms with Gasteiger partial charge in [0.1, 0.15) is 11.6 Å². The minimum Gasteiger partial charge on any atom is -0.481 e. The van der Waals surface area contributed by atoms with Gasteiger partial charge in [0.15, 0.2) is 5.13 Å². The molecule has 0 amide bonds. The third kappa shape index (κ3) is 2.73. The van der Waals surface area contributed by atoms with Gasteiger partial charge >= 0.3 is 5.97 Å². The number of thiazole rings is 1. The van der Waals surface area contributed by atoms with Gasteiger partial charge in [0.25, 0.3) is 0 Å². The van der Waals surface area contributed by atoms with Crippen LogP contribution in [0.1, 0.15) is 6.42 Å². The van der Waals surface area contributed by atoms with Crippen LogP contribution < -0.4 is 4.90 Å². The fraction of sp³-hybridized carbons (Fsp3) is 0.286. The second-order valence-electron chi connectivity index (χ2n) is 4.91. The van der Waals surface area contributed by atoms with Crippen LogP contribution in [0.5, 0.6) is 0 Å². The molecular formula is C14H12F2N2O2S. The predicted molar refractivity (Wildman–Crippen MR) is 75.4 cm³/mol. The molecule has 7 heteroatoms. The van der Waals surface area contributed by atoms with E-state index in [4.69, 9.17) is 5.11 Å². The number of rotatable bonds is 3. The number of halogens is 2. The molecule has 0 spiro atoms. The van der Waals surface area contributed by atoms with Gasteiger partial charge in [0.2, 0.25) is 0 Å². The number of hydrogen-bond donors (Lipinski definition) is 1. The van der Waals surface area contributed by atoms with Gasteiger partial charge < -0.3 is 10.0 Å².